The zero-order valence-electron chi connectivity index (χ0n) is 38.2. The van der Waals surface area contributed by atoms with E-state index in [4.69, 9.17) is 0 Å². The first-order valence-corrected chi connectivity index (χ1v) is 20.8. The molecule has 1 rings (SSSR count). The van der Waals surface area contributed by atoms with Gasteiger partial charge in [0.25, 0.3) is 0 Å². The second kappa shape index (κ2) is 23.4. The van der Waals surface area contributed by atoms with E-state index in [1.165, 1.54) is 19.6 Å². The molecular weight excluding hydrogens is 723 g/mol. The minimum absolute atomic E-state index is 0.207. The highest BCUT2D eigenvalue weighted by molar-refractivity contribution is 5.97. The van der Waals surface area contributed by atoms with Crippen molar-refractivity contribution >= 4 is 35.4 Å². The lowest BCUT2D eigenvalue weighted by molar-refractivity contribution is -0.155. The van der Waals surface area contributed by atoms with Crippen LogP contribution in [0.1, 0.15) is 95.1 Å². The van der Waals surface area contributed by atoms with E-state index in [0.29, 0.717) is 19.4 Å². The van der Waals surface area contributed by atoms with Crippen LogP contribution in [-0.2, 0) is 35.2 Å². The Bertz CT molecular complexity index is 1460. The van der Waals surface area contributed by atoms with Crippen LogP contribution in [0.5, 0.6) is 0 Å². The molecule has 0 radical (unpaired) electrons. The Kier molecular flexibility index (Phi) is 21.0. The van der Waals surface area contributed by atoms with Gasteiger partial charge in [-0.3, -0.25) is 28.8 Å². The lowest BCUT2D eigenvalue weighted by Crippen LogP contribution is -2.63. The summed E-state index contributed by atoms with van der Waals surface area (Å²) in [5, 5.41) is 9.00. The summed E-state index contributed by atoms with van der Waals surface area (Å²) in [5.74, 6) is -3.45. The maximum atomic E-state index is 14.5. The van der Waals surface area contributed by atoms with Crippen LogP contribution in [0.25, 0.3) is 0 Å². The van der Waals surface area contributed by atoms with Gasteiger partial charge in [0.1, 0.15) is 30.2 Å². The van der Waals surface area contributed by atoms with Crippen molar-refractivity contribution in [3.05, 3.63) is 35.9 Å². The third kappa shape index (κ3) is 14.1. The quantitative estimate of drug-likeness (QED) is 0.160. The maximum Gasteiger partial charge on any atom is 0.246 e. The topological polar surface area (TPSA) is 151 Å². The molecular formula is C44H77N7O6. The van der Waals surface area contributed by atoms with Gasteiger partial charge in [0, 0.05) is 34.7 Å². The first kappa shape index (κ1) is 51.0. The van der Waals surface area contributed by atoms with Crippen molar-refractivity contribution in [2.45, 2.75) is 132 Å². The van der Waals surface area contributed by atoms with Gasteiger partial charge < -0.3 is 35.6 Å². The molecule has 13 heteroatoms. The summed E-state index contributed by atoms with van der Waals surface area (Å²) in [7, 11) is 8.05. The lowest BCUT2D eigenvalue weighted by Gasteiger charge is -2.41. The van der Waals surface area contributed by atoms with Crippen molar-refractivity contribution in [1.29, 1.82) is 0 Å². The highest BCUT2D eigenvalue weighted by Crippen LogP contribution is 2.23. The van der Waals surface area contributed by atoms with E-state index >= 15 is 0 Å². The highest BCUT2D eigenvalue weighted by atomic mass is 16.2. The predicted molar refractivity (Wildman–Crippen MR) is 228 cm³/mol. The fourth-order valence-electron chi connectivity index (χ4n) is 7.72. The summed E-state index contributed by atoms with van der Waals surface area (Å²) < 4.78 is 0. The average Bonchev–Trinajstić information content (AvgIpc) is 3.11. The summed E-state index contributed by atoms with van der Waals surface area (Å²) in [5.41, 5.74) is 1.09. The van der Waals surface area contributed by atoms with Gasteiger partial charge in [0.2, 0.25) is 35.4 Å². The fraction of sp³-hybridized carbons (Fsp3) is 0.727. The van der Waals surface area contributed by atoms with Crippen LogP contribution in [0.15, 0.2) is 30.3 Å². The summed E-state index contributed by atoms with van der Waals surface area (Å²) >= 11 is 0. The van der Waals surface area contributed by atoms with Gasteiger partial charge in [-0.05, 0) is 61.0 Å². The molecule has 0 saturated heterocycles. The van der Waals surface area contributed by atoms with Crippen LogP contribution in [0.3, 0.4) is 0 Å². The zero-order valence-corrected chi connectivity index (χ0v) is 38.2. The standard InChI is InChI=1S/C44H77N7O6/c1-26(2)25-33(45-13)41(54)48(14)36(29(7)8)40(53)47-34(27(3)4)42(55)50(16)37(30(9)10)44(57)51(17)38(31(11)12)43(56)49(15)35(28(5)6)39(52)46-24-23-32-21-19-18-20-22-32/h18-22,26-31,33-38,45H,23-25H2,1-17H3,(H,46,52)(H,47,53). The minimum Gasteiger partial charge on any atom is -0.354 e. The third-order valence-electron chi connectivity index (χ3n) is 10.8. The second-order valence-corrected chi connectivity index (χ2v) is 17.8. The van der Waals surface area contributed by atoms with Crippen LogP contribution in [0.2, 0.25) is 0 Å². The summed E-state index contributed by atoms with van der Waals surface area (Å²) in [6, 6.07) is 4.85. The number of carbonyl (C=O) groups excluding carboxylic acids is 6. The molecule has 1 aromatic rings. The average molecular weight is 800 g/mol. The Morgan fingerprint density at radius 1 is 0.526 bits per heavy atom. The van der Waals surface area contributed by atoms with E-state index < -0.39 is 54.0 Å². The van der Waals surface area contributed by atoms with Crippen molar-refractivity contribution in [3.8, 4) is 0 Å². The summed E-state index contributed by atoms with van der Waals surface area (Å²) in [6.45, 7) is 23.0. The van der Waals surface area contributed by atoms with E-state index in [-0.39, 0.29) is 53.2 Å². The number of carbonyl (C=O) groups is 6. The molecule has 0 fully saturated rings. The predicted octanol–water partition coefficient (Wildman–Crippen LogP) is 4.05. The molecule has 0 aliphatic heterocycles. The largest absolute Gasteiger partial charge is 0.354 e. The minimum atomic E-state index is -0.997. The fourth-order valence-corrected chi connectivity index (χ4v) is 7.72. The Labute approximate surface area is 344 Å². The zero-order chi connectivity index (χ0) is 44.1. The van der Waals surface area contributed by atoms with Crippen LogP contribution in [0, 0.1) is 35.5 Å². The van der Waals surface area contributed by atoms with Crippen molar-refractivity contribution < 1.29 is 28.8 Å². The second-order valence-electron chi connectivity index (χ2n) is 17.8. The van der Waals surface area contributed by atoms with Crippen LogP contribution in [0.4, 0.5) is 0 Å². The van der Waals surface area contributed by atoms with Gasteiger partial charge in [-0.25, -0.2) is 0 Å². The van der Waals surface area contributed by atoms with Crippen LogP contribution < -0.4 is 16.0 Å². The number of nitrogens with one attached hydrogen (secondary N) is 3. The first-order valence-electron chi connectivity index (χ1n) is 20.8. The first-order chi connectivity index (χ1) is 26.4. The molecule has 1 aromatic carbocycles. The number of amides is 6. The van der Waals surface area contributed by atoms with Gasteiger partial charge in [0.05, 0.1) is 6.04 Å². The molecule has 0 saturated carbocycles. The van der Waals surface area contributed by atoms with Gasteiger partial charge in [0.15, 0.2) is 0 Å². The Hall–Kier alpha value is -4.00. The molecule has 0 aliphatic rings. The number of hydrogen-bond donors (Lipinski definition) is 3. The molecule has 57 heavy (non-hydrogen) atoms. The van der Waals surface area contributed by atoms with Crippen molar-refractivity contribution in [1.82, 2.24) is 35.6 Å². The van der Waals surface area contributed by atoms with Crippen molar-refractivity contribution in [2.75, 3.05) is 41.8 Å². The number of likely N-dealkylation sites (N-methyl/N-ethyl adjacent to an activating group) is 5. The molecule has 0 heterocycles. The van der Waals surface area contributed by atoms with Crippen LogP contribution >= 0.6 is 0 Å². The van der Waals surface area contributed by atoms with E-state index in [2.05, 4.69) is 16.0 Å². The third-order valence-corrected chi connectivity index (χ3v) is 10.8. The van der Waals surface area contributed by atoms with Gasteiger partial charge in [-0.2, -0.15) is 0 Å². The molecule has 13 nitrogen and oxygen atoms in total. The molecule has 6 atom stereocenters. The monoisotopic (exact) mass is 800 g/mol. The number of hydrogen-bond acceptors (Lipinski definition) is 7. The molecule has 3 N–H and O–H groups in total. The molecule has 0 aromatic heterocycles. The summed E-state index contributed by atoms with van der Waals surface area (Å²) in [4.78, 5) is 89.9. The maximum absolute atomic E-state index is 14.5. The normalized spacial score (nSPS) is 14.9. The van der Waals surface area contributed by atoms with E-state index in [0.717, 1.165) is 5.56 Å². The van der Waals surface area contributed by atoms with Gasteiger partial charge in [-0.1, -0.05) is 113 Å². The number of nitrogens with zero attached hydrogens (tertiary/aromatic N) is 4. The smallest absolute Gasteiger partial charge is 0.246 e. The number of rotatable bonds is 22. The van der Waals surface area contributed by atoms with Crippen LogP contribution in [-0.4, -0.2) is 133 Å². The highest BCUT2D eigenvalue weighted by Gasteiger charge is 2.43. The Morgan fingerprint density at radius 2 is 0.930 bits per heavy atom. The molecule has 324 valence electrons. The summed E-state index contributed by atoms with van der Waals surface area (Å²) in [6.07, 6.45) is 1.25. The van der Waals surface area contributed by atoms with E-state index in [9.17, 15) is 28.8 Å². The van der Waals surface area contributed by atoms with Gasteiger partial charge in [-0.15, -0.1) is 0 Å². The lowest BCUT2D eigenvalue weighted by atomic mass is 9.94. The van der Waals surface area contributed by atoms with Crippen molar-refractivity contribution in [3.63, 3.8) is 0 Å². The Balaban J connectivity index is 3.35. The van der Waals surface area contributed by atoms with Gasteiger partial charge >= 0.3 is 0 Å². The molecule has 6 amide bonds. The van der Waals surface area contributed by atoms with E-state index in [1.54, 1.807) is 35.2 Å². The Morgan fingerprint density at radius 3 is 1.33 bits per heavy atom. The number of benzene rings is 1. The molecule has 0 aliphatic carbocycles. The SMILES string of the molecule is CNC(CC(C)C)C(=O)N(C)C(C(=O)NC(C(=O)N(C)C(C(=O)N(C)C(C(=O)N(C)C(C(=O)NCCc1ccccc1)C(C)C)C(C)C)C(C)C)C(C)C)C(C)C. The van der Waals surface area contributed by atoms with E-state index in [1.807, 2.05) is 113 Å². The van der Waals surface area contributed by atoms with Crippen molar-refractivity contribution in [2.24, 2.45) is 35.5 Å². The molecule has 0 spiro atoms. The molecule has 0 bridgehead atoms. The molecule has 6 unspecified atom stereocenters.